The third-order valence-corrected chi connectivity index (χ3v) is 5.48. The highest BCUT2D eigenvalue weighted by Crippen LogP contribution is 2.43. The fourth-order valence-corrected chi connectivity index (χ4v) is 3.85. The molecule has 4 rings (SSSR count). The van der Waals surface area contributed by atoms with Crippen LogP contribution in [0.1, 0.15) is 17.2 Å². The van der Waals surface area contributed by atoms with Crippen molar-refractivity contribution >= 4 is 23.1 Å². The molecule has 1 unspecified atom stereocenters. The van der Waals surface area contributed by atoms with E-state index in [-0.39, 0.29) is 16.9 Å². The molecule has 0 radical (unpaired) electrons. The lowest BCUT2D eigenvalue weighted by Crippen LogP contribution is -2.29. The van der Waals surface area contributed by atoms with E-state index in [4.69, 9.17) is 14.2 Å². The minimum atomic E-state index is -0.877. The Morgan fingerprint density at radius 1 is 0.879 bits per heavy atom. The number of hydrogen-bond acceptors (Lipinski definition) is 7. The Morgan fingerprint density at radius 2 is 1.52 bits per heavy atom. The number of ether oxygens (including phenoxy) is 3. The lowest BCUT2D eigenvalue weighted by molar-refractivity contribution is -0.132. The number of Topliss-reactive ketones (excluding diaryl/α,β-unsaturated/α-hetero) is 1. The summed E-state index contributed by atoms with van der Waals surface area (Å²) >= 11 is 0. The maximum atomic E-state index is 13.2. The molecule has 1 saturated heterocycles. The molecule has 2 heterocycles. The predicted molar refractivity (Wildman–Crippen MR) is 122 cm³/mol. The summed E-state index contributed by atoms with van der Waals surface area (Å²) in [4.78, 5) is 31.8. The van der Waals surface area contributed by atoms with Gasteiger partial charge >= 0.3 is 0 Å². The maximum Gasteiger partial charge on any atom is 0.300 e. The molecule has 8 heteroatoms. The molecule has 1 fully saturated rings. The number of hydrogen-bond donors (Lipinski definition) is 1. The summed E-state index contributed by atoms with van der Waals surface area (Å²) in [5.74, 6) is -0.529. The van der Waals surface area contributed by atoms with Crippen molar-refractivity contribution in [3.8, 4) is 17.2 Å². The van der Waals surface area contributed by atoms with Crippen LogP contribution in [0.25, 0.3) is 5.76 Å². The zero-order chi connectivity index (χ0) is 23.5. The second kappa shape index (κ2) is 9.04. The van der Waals surface area contributed by atoms with Crippen molar-refractivity contribution in [2.75, 3.05) is 26.2 Å². The van der Waals surface area contributed by atoms with Gasteiger partial charge in [0.25, 0.3) is 11.7 Å². The molecule has 33 heavy (non-hydrogen) atoms. The zero-order valence-electron chi connectivity index (χ0n) is 18.3. The Labute approximate surface area is 190 Å². The summed E-state index contributed by atoms with van der Waals surface area (Å²) in [5, 5.41) is 11.3. The molecule has 1 N–H and O–H groups in total. The van der Waals surface area contributed by atoms with Gasteiger partial charge in [0.05, 0.1) is 38.5 Å². The number of pyridine rings is 1. The van der Waals surface area contributed by atoms with Crippen LogP contribution in [0.5, 0.6) is 17.2 Å². The molecule has 1 amide bonds. The number of carbonyl (C=O) groups excluding carboxylic acids is 2. The Kier molecular flexibility index (Phi) is 5.99. The van der Waals surface area contributed by atoms with Crippen LogP contribution in [0, 0.1) is 0 Å². The minimum absolute atomic E-state index is 0.0615. The number of rotatable bonds is 6. The third kappa shape index (κ3) is 3.87. The van der Waals surface area contributed by atoms with Gasteiger partial charge in [0.15, 0.2) is 0 Å². The summed E-state index contributed by atoms with van der Waals surface area (Å²) in [6, 6.07) is 14.1. The number of anilines is 1. The SMILES string of the molecule is COc1ccc(N2C(=O)C(=O)/C(=C(/O)c3cc(OC)ccc3OC)C2c2ccncc2)cc1. The van der Waals surface area contributed by atoms with E-state index >= 15 is 0 Å². The number of nitrogens with zero attached hydrogens (tertiary/aromatic N) is 2. The molecule has 1 aliphatic heterocycles. The molecule has 0 aliphatic carbocycles. The highest BCUT2D eigenvalue weighted by molar-refractivity contribution is 6.51. The highest BCUT2D eigenvalue weighted by atomic mass is 16.5. The normalized spacial score (nSPS) is 17.2. The Balaban J connectivity index is 1.95. The number of carbonyl (C=O) groups is 2. The van der Waals surface area contributed by atoms with Crippen LogP contribution in [0.15, 0.2) is 72.6 Å². The maximum absolute atomic E-state index is 13.2. The number of aliphatic hydroxyl groups excluding tert-OH is 1. The van der Waals surface area contributed by atoms with E-state index < -0.39 is 17.7 Å². The fraction of sp³-hybridized carbons (Fsp3) is 0.160. The second-order valence-electron chi connectivity index (χ2n) is 7.21. The number of methoxy groups -OCH3 is 3. The number of benzene rings is 2. The van der Waals surface area contributed by atoms with E-state index in [1.165, 1.54) is 19.1 Å². The van der Waals surface area contributed by atoms with E-state index in [0.29, 0.717) is 28.5 Å². The van der Waals surface area contributed by atoms with Gasteiger partial charge in [0, 0.05) is 18.1 Å². The topological polar surface area (TPSA) is 98.2 Å². The van der Waals surface area contributed by atoms with Crippen molar-refractivity contribution in [1.29, 1.82) is 0 Å². The average Bonchev–Trinajstić information content (AvgIpc) is 3.14. The Bertz CT molecular complexity index is 1220. The van der Waals surface area contributed by atoms with Gasteiger partial charge in [-0.2, -0.15) is 0 Å². The smallest absolute Gasteiger partial charge is 0.300 e. The first-order valence-corrected chi connectivity index (χ1v) is 10.1. The molecule has 1 aromatic heterocycles. The lowest BCUT2D eigenvalue weighted by Gasteiger charge is -2.25. The van der Waals surface area contributed by atoms with E-state index in [0.717, 1.165) is 0 Å². The van der Waals surface area contributed by atoms with Crippen molar-refractivity contribution in [1.82, 2.24) is 4.98 Å². The van der Waals surface area contributed by atoms with Crippen LogP contribution < -0.4 is 19.1 Å². The summed E-state index contributed by atoms with van der Waals surface area (Å²) < 4.78 is 15.9. The first kappa shape index (κ1) is 21.9. The van der Waals surface area contributed by atoms with Crippen molar-refractivity contribution in [2.45, 2.75) is 6.04 Å². The van der Waals surface area contributed by atoms with E-state index in [2.05, 4.69) is 4.98 Å². The Hall–Kier alpha value is -4.33. The fourth-order valence-electron chi connectivity index (χ4n) is 3.85. The molecular formula is C25H22N2O6. The standard InChI is InChI=1S/C25H22N2O6/c1-31-17-6-4-16(5-7-17)27-22(15-10-12-26-13-11-15)21(24(29)25(27)30)23(28)19-14-18(32-2)8-9-20(19)33-3/h4-14,22,28H,1-3H3/b23-21+. The van der Waals surface area contributed by atoms with Gasteiger partial charge < -0.3 is 19.3 Å². The minimum Gasteiger partial charge on any atom is -0.507 e. The van der Waals surface area contributed by atoms with E-state index in [1.807, 2.05) is 0 Å². The molecule has 1 atom stereocenters. The van der Waals surface area contributed by atoms with Gasteiger partial charge in [-0.05, 0) is 60.2 Å². The van der Waals surface area contributed by atoms with Gasteiger partial charge in [-0.15, -0.1) is 0 Å². The average molecular weight is 446 g/mol. The van der Waals surface area contributed by atoms with Crippen LogP contribution in [0.2, 0.25) is 0 Å². The van der Waals surface area contributed by atoms with Crippen LogP contribution in [-0.4, -0.2) is 43.1 Å². The van der Waals surface area contributed by atoms with Gasteiger partial charge in [-0.25, -0.2) is 0 Å². The Morgan fingerprint density at radius 3 is 2.12 bits per heavy atom. The second-order valence-corrected chi connectivity index (χ2v) is 7.21. The molecule has 168 valence electrons. The molecule has 0 saturated carbocycles. The largest absolute Gasteiger partial charge is 0.507 e. The molecule has 8 nitrogen and oxygen atoms in total. The first-order valence-electron chi connectivity index (χ1n) is 10.1. The number of amides is 1. The molecule has 0 spiro atoms. The summed E-state index contributed by atoms with van der Waals surface area (Å²) in [7, 11) is 4.49. The number of ketones is 1. The number of aromatic nitrogens is 1. The zero-order valence-corrected chi connectivity index (χ0v) is 18.3. The van der Waals surface area contributed by atoms with Crippen LogP contribution in [0.4, 0.5) is 5.69 Å². The monoisotopic (exact) mass is 446 g/mol. The van der Waals surface area contributed by atoms with Gasteiger partial charge in [-0.1, -0.05) is 0 Å². The van der Waals surface area contributed by atoms with Crippen molar-refractivity contribution < 1.29 is 28.9 Å². The van der Waals surface area contributed by atoms with Crippen LogP contribution in [-0.2, 0) is 9.59 Å². The highest BCUT2D eigenvalue weighted by Gasteiger charge is 2.47. The van der Waals surface area contributed by atoms with Gasteiger partial charge in [0.2, 0.25) is 0 Å². The molecule has 2 aromatic carbocycles. The number of aliphatic hydroxyl groups is 1. The van der Waals surface area contributed by atoms with Crippen LogP contribution >= 0.6 is 0 Å². The molecular weight excluding hydrogens is 424 g/mol. The van der Waals surface area contributed by atoms with Crippen molar-refractivity contribution in [2.24, 2.45) is 0 Å². The molecule has 0 bridgehead atoms. The summed E-state index contributed by atoms with van der Waals surface area (Å²) in [6.07, 6.45) is 3.13. The first-order chi connectivity index (χ1) is 16.0. The quantitative estimate of drug-likeness (QED) is 0.350. The van der Waals surface area contributed by atoms with E-state index in [9.17, 15) is 14.7 Å². The van der Waals surface area contributed by atoms with Gasteiger partial charge in [0.1, 0.15) is 23.0 Å². The molecule has 3 aromatic rings. The lowest BCUT2D eigenvalue weighted by atomic mass is 9.95. The van der Waals surface area contributed by atoms with Crippen molar-refractivity contribution in [3.63, 3.8) is 0 Å². The predicted octanol–water partition coefficient (Wildman–Crippen LogP) is 3.73. The molecule has 1 aliphatic rings. The van der Waals surface area contributed by atoms with E-state index in [1.54, 1.807) is 74.1 Å². The van der Waals surface area contributed by atoms with Crippen LogP contribution in [0.3, 0.4) is 0 Å². The third-order valence-electron chi connectivity index (χ3n) is 5.48. The van der Waals surface area contributed by atoms with Gasteiger partial charge in [-0.3, -0.25) is 19.5 Å². The van der Waals surface area contributed by atoms with Crippen molar-refractivity contribution in [3.05, 3.63) is 83.7 Å². The summed E-state index contributed by atoms with van der Waals surface area (Å²) in [6.45, 7) is 0. The summed E-state index contributed by atoms with van der Waals surface area (Å²) in [5.41, 5.74) is 1.28.